The molecule has 1 heterocycles. The van der Waals surface area contributed by atoms with E-state index in [2.05, 4.69) is 10.9 Å². The van der Waals surface area contributed by atoms with E-state index in [9.17, 15) is 43.2 Å². The molecule has 8 nitrogen and oxygen atoms in total. The molecular formula is C29H27Cl3F6N4O4S2. The van der Waals surface area contributed by atoms with E-state index in [4.69, 9.17) is 33.9 Å². The number of aryl methyl sites for hydroxylation is 1. The number of allylic oxidation sites excluding steroid dienone is 1. The van der Waals surface area contributed by atoms with Crippen molar-refractivity contribution in [2.45, 2.75) is 35.5 Å². The zero-order valence-electron chi connectivity index (χ0n) is 24.9. The van der Waals surface area contributed by atoms with Gasteiger partial charge in [-0.15, -0.1) is 0 Å². The van der Waals surface area contributed by atoms with Crippen LogP contribution < -0.4 is 10.9 Å². The summed E-state index contributed by atoms with van der Waals surface area (Å²) >= 11 is 11.3. The lowest BCUT2D eigenvalue weighted by molar-refractivity contribution is -0.138. The van der Waals surface area contributed by atoms with Crippen LogP contribution in [0.2, 0.25) is 10.0 Å². The summed E-state index contributed by atoms with van der Waals surface area (Å²) < 4.78 is 124. The van der Waals surface area contributed by atoms with Crippen LogP contribution in [0.15, 0.2) is 88.4 Å². The van der Waals surface area contributed by atoms with E-state index in [1.54, 1.807) is 11.3 Å². The van der Waals surface area contributed by atoms with Crippen LogP contribution in [0.1, 0.15) is 28.7 Å². The first-order valence-corrected chi connectivity index (χ1v) is 18.0. The van der Waals surface area contributed by atoms with Crippen LogP contribution in [0.5, 0.6) is 0 Å². The molecule has 0 saturated carbocycles. The first-order chi connectivity index (χ1) is 22.1. The highest BCUT2D eigenvalue weighted by molar-refractivity contribution is 8.13. The number of hydrazine groups is 2. The van der Waals surface area contributed by atoms with Gasteiger partial charge in [0.25, 0.3) is 9.05 Å². The van der Waals surface area contributed by atoms with E-state index in [-0.39, 0.29) is 16.6 Å². The van der Waals surface area contributed by atoms with Gasteiger partial charge >= 0.3 is 12.4 Å². The molecule has 0 atom stereocenters. The third-order valence-corrected chi connectivity index (χ3v) is 10.7. The molecule has 48 heavy (non-hydrogen) atoms. The van der Waals surface area contributed by atoms with Crippen molar-refractivity contribution in [3.63, 3.8) is 0 Å². The second-order valence-electron chi connectivity index (χ2n) is 10.1. The molecule has 4 rings (SSSR count). The van der Waals surface area contributed by atoms with Crippen LogP contribution in [-0.4, -0.2) is 46.4 Å². The molecule has 0 fully saturated rings. The molecule has 3 aromatic carbocycles. The summed E-state index contributed by atoms with van der Waals surface area (Å²) in [7, 11) is -2.24. The first-order valence-electron chi connectivity index (χ1n) is 13.5. The van der Waals surface area contributed by atoms with Crippen molar-refractivity contribution in [2.24, 2.45) is 0 Å². The Labute approximate surface area is 288 Å². The van der Waals surface area contributed by atoms with Crippen LogP contribution in [0.25, 0.3) is 6.08 Å². The highest BCUT2D eigenvalue weighted by atomic mass is 35.7. The number of nitrogens with zero attached hydrogens (tertiary/aromatic N) is 2. The van der Waals surface area contributed by atoms with Crippen molar-refractivity contribution in [1.29, 1.82) is 0 Å². The van der Waals surface area contributed by atoms with Crippen LogP contribution in [0.3, 0.4) is 0 Å². The second kappa shape index (κ2) is 15.7. The minimum atomic E-state index is -4.67. The van der Waals surface area contributed by atoms with Crippen LogP contribution in [0.4, 0.5) is 26.3 Å². The topological polar surface area (TPSA) is 98.8 Å². The maximum atomic E-state index is 13.0. The molecule has 0 spiro atoms. The largest absolute Gasteiger partial charge is 0.416 e. The molecule has 0 bridgehead atoms. The summed E-state index contributed by atoms with van der Waals surface area (Å²) in [6.45, 7) is 2.54. The summed E-state index contributed by atoms with van der Waals surface area (Å²) in [5.41, 5.74) is 7.19. The van der Waals surface area contributed by atoms with Crippen molar-refractivity contribution < 1.29 is 43.2 Å². The fraction of sp³-hybridized carbons (Fsp3) is 0.241. The lowest BCUT2D eigenvalue weighted by Gasteiger charge is -2.21. The standard InChI is InChI=1S/C22H24ClF3N4O2S.C7H3Cl2F3O2S/c1-16-6-3-4-7-17(16)14-19-10-13-30(28-19)27-11-5-12-29(2)33(31,32)21-15-18(22(24,25)26)8-9-20(21)23;8-5-2-1-4(7(10,11)12)3-6(5)15(9,13)14/h3-4,6-10,13-15,27-28H,5,11-12H2,1-2H3;1-3H. The maximum absolute atomic E-state index is 13.0. The summed E-state index contributed by atoms with van der Waals surface area (Å²) in [6.07, 6.45) is -3.19. The number of rotatable bonds is 9. The predicted molar refractivity (Wildman–Crippen MR) is 172 cm³/mol. The minimum Gasteiger partial charge on any atom is -0.284 e. The van der Waals surface area contributed by atoms with E-state index in [1.807, 2.05) is 43.3 Å². The number of sulfonamides is 1. The number of halogens is 9. The summed E-state index contributed by atoms with van der Waals surface area (Å²) in [5.74, 6) is 0. The predicted octanol–water partition coefficient (Wildman–Crippen LogP) is 7.84. The van der Waals surface area contributed by atoms with Gasteiger partial charge < -0.3 is 0 Å². The highest BCUT2D eigenvalue weighted by Gasteiger charge is 2.34. The maximum Gasteiger partial charge on any atom is 0.416 e. The van der Waals surface area contributed by atoms with Gasteiger partial charge in [-0.2, -0.15) is 26.3 Å². The molecule has 0 radical (unpaired) electrons. The average Bonchev–Trinajstić information content (AvgIpc) is 3.42. The average molecular weight is 780 g/mol. The Kier molecular flexibility index (Phi) is 12.9. The highest BCUT2D eigenvalue weighted by Crippen LogP contribution is 2.35. The van der Waals surface area contributed by atoms with Gasteiger partial charge in [-0.1, -0.05) is 47.5 Å². The Morgan fingerprint density at radius 2 is 1.42 bits per heavy atom. The first kappa shape index (κ1) is 39.4. The van der Waals surface area contributed by atoms with Gasteiger partial charge in [0, 0.05) is 37.0 Å². The molecule has 1 aliphatic heterocycles. The minimum absolute atomic E-state index is 0.0887. The monoisotopic (exact) mass is 778 g/mol. The zero-order chi connectivity index (χ0) is 36.1. The lowest BCUT2D eigenvalue weighted by atomic mass is 10.1. The molecule has 2 N–H and O–H groups in total. The lowest BCUT2D eigenvalue weighted by Crippen LogP contribution is -2.41. The number of benzene rings is 3. The quantitative estimate of drug-likeness (QED) is 0.130. The molecule has 0 unspecified atom stereocenters. The Hall–Kier alpha value is -2.99. The van der Waals surface area contributed by atoms with E-state index in [0.717, 1.165) is 39.3 Å². The Bertz CT molecular complexity index is 1910. The number of alkyl halides is 6. The molecular weight excluding hydrogens is 753 g/mol. The van der Waals surface area contributed by atoms with E-state index < -0.39 is 52.3 Å². The van der Waals surface area contributed by atoms with Crippen LogP contribution in [-0.2, 0) is 31.4 Å². The molecule has 19 heteroatoms. The normalized spacial score (nSPS) is 14.7. The summed E-state index contributed by atoms with van der Waals surface area (Å²) in [6, 6.07) is 12.1. The zero-order valence-corrected chi connectivity index (χ0v) is 28.8. The van der Waals surface area contributed by atoms with Crippen molar-refractivity contribution in [3.8, 4) is 0 Å². The van der Waals surface area contributed by atoms with E-state index >= 15 is 0 Å². The molecule has 0 amide bonds. The van der Waals surface area contributed by atoms with Gasteiger partial charge in [0.2, 0.25) is 10.0 Å². The van der Waals surface area contributed by atoms with Crippen molar-refractivity contribution in [1.82, 2.24) is 20.3 Å². The third-order valence-electron chi connectivity index (χ3n) is 6.55. The third kappa shape index (κ3) is 10.8. The van der Waals surface area contributed by atoms with Crippen LogP contribution >= 0.6 is 33.9 Å². The Morgan fingerprint density at radius 1 is 0.875 bits per heavy atom. The van der Waals surface area contributed by atoms with Gasteiger partial charge in [0.05, 0.1) is 26.9 Å². The van der Waals surface area contributed by atoms with Gasteiger partial charge in [0.15, 0.2) is 0 Å². The van der Waals surface area contributed by atoms with Crippen LogP contribution in [0, 0.1) is 6.92 Å². The van der Waals surface area contributed by atoms with Crippen molar-refractivity contribution >= 4 is 59.0 Å². The van der Waals surface area contributed by atoms with E-state index in [1.165, 1.54) is 7.05 Å². The molecule has 262 valence electrons. The second-order valence-corrected chi connectivity index (χ2v) is 15.4. The smallest absolute Gasteiger partial charge is 0.284 e. The van der Waals surface area contributed by atoms with Gasteiger partial charge in [-0.25, -0.2) is 31.7 Å². The van der Waals surface area contributed by atoms with Gasteiger partial charge in [-0.05, 0) is 73.0 Å². The van der Waals surface area contributed by atoms with E-state index in [0.29, 0.717) is 31.2 Å². The Balaban J connectivity index is 0.000000348. The number of nitrogens with one attached hydrogen (secondary N) is 2. The van der Waals surface area contributed by atoms with Crippen molar-refractivity contribution in [3.05, 3.63) is 111 Å². The summed E-state index contributed by atoms with van der Waals surface area (Å²) in [5, 5.41) is 1.05. The fourth-order valence-corrected chi connectivity index (χ4v) is 7.19. The van der Waals surface area contributed by atoms with Gasteiger partial charge in [-0.3, -0.25) is 5.43 Å². The van der Waals surface area contributed by atoms with Gasteiger partial charge in [0.1, 0.15) is 9.79 Å². The molecule has 0 aromatic heterocycles. The Morgan fingerprint density at radius 3 is 1.96 bits per heavy atom. The summed E-state index contributed by atoms with van der Waals surface area (Å²) in [4.78, 5) is -1.31. The molecule has 0 aliphatic carbocycles. The fourth-order valence-electron chi connectivity index (χ4n) is 3.99. The van der Waals surface area contributed by atoms with Crippen molar-refractivity contribution in [2.75, 3.05) is 20.1 Å². The number of hydrogen-bond donors (Lipinski definition) is 2. The molecule has 0 saturated heterocycles. The molecule has 3 aromatic rings. The molecule has 1 aliphatic rings. The SMILES string of the molecule is Cc1ccccc1C=C1C=CN(NCCCN(C)S(=O)(=O)c2cc(C(F)(F)F)ccc2Cl)N1.O=S(=O)(Cl)c1cc(C(F)(F)F)ccc1Cl. The number of hydrogen-bond acceptors (Lipinski definition) is 7.